The van der Waals surface area contributed by atoms with E-state index >= 15 is 0 Å². The Morgan fingerprint density at radius 2 is 1.62 bits per heavy atom. The van der Waals surface area contributed by atoms with Gasteiger partial charge >= 0.3 is 0 Å². The van der Waals surface area contributed by atoms with Crippen molar-refractivity contribution in [2.24, 2.45) is 0 Å². The van der Waals surface area contributed by atoms with Crippen LogP contribution in [0, 0.1) is 19.7 Å². The molecule has 0 saturated heterocycles. The van der Waals surface area contributed by atoms with Crippen molar-refractivity contribution in [2.45, 2.75) is 25.3 Å². The van der Waals surface area contributed by atoms with Crippen LogP contribution in [0.3, 0.4) is 0 Å². The molecule has 4 nitrogen and oxygen atoms in total. The van der Waals surface area contributed by atoms with Gasteiger partial charge in [0.05, 0.1) is 4.90 Å². The molecule has 2 N–H and O–H groups in total. The molecule has 0 unspecified atom stereocenters. The van der Waals surface area contributed by atoms with E-state index in [1.165, 1.54) is 24.3 Å². The van der Waals surface area contributed by atoms with Gasteiger partial charge in [-0.15, -0.1) is 0 Å². The lowest BCUT2D eigenvalue weighted by Crippen LogP contribution is -2.25. The Morgan fingerprint density at radius 3 is 2.14 bits per heavy atom. The summed E-state index contributed by atoms with van der Waals surface area (Å²) in [4.78, 5) is 0.0997. The summed E-state index contributed by atoms with van der Waals surface area (Å²) in [6.07, 6.45) is 0. The van der Waals surface area contributed by atoms with Gasteiger partial charge < -0.3 is 5.11 Å². The Kier molecular flexibility index (Phi) is 4.29. The number of phenols is 1. The summed E-state index contributed by atoms with van der Waals surface area (Å²) in [5.41, 5.74) is 1.45. The van der Waals surface area contributed by atoms with Crippen molar-refractivity contribution >= 4 is 10.0 Å². The summed E-state index contributed by atoms with van der Waals surface area (Å²) in [6.45, 7) is 3.22. The molecule has 0 fully saturated rings. The monoisotopic (exact) mass is 309 g/mol. The Hall–Kier alpha value is -1.92. The first kappa shape index (κ1) is 15.5. The minimum absolute atomic E-state index is 0.0961. The van der Waals surface area contributed by atoms with E-state index in [1.807, 2.05) is 0 Å². The largest absolute Gasteiger partial charge is 0.508 e. The molecule has 0 saturated carbocycles. The fraction of sp³-hybridized carbons (Fsp3) is 0.200. The Balaban J connectivity index is 2.25. The molecule has 0 aromatic heterocycles. The summed E-state index contributed by atoms with van der Waals surface area (Å²) in [7, 11) is -3.73. The number of sulfonamides is 1. The second-order valence-corrected chi connectivity index (χ2v) is 6.56. The maximum atomic E-state index is 13.2. The summed E-state index contributed by atoms with van der Waals surface area (Å²) in [6, 6.07) is 8.62. The molecule has 0 atom stereocenters. The fourth-order valence-corrected chi connectivity index (χ4v) is 3.65. The average molecular weight is 309 g/mol. The molecule has 0 bridgehead atoms. The van der Waals surface area contributed by atoms with E-state index in [2.05, 4.69) is 4.72 Å². The zero-order valence-corrected chi connectivity index (χ0v) is 12.5. The van der Waals surface area contributed by atoms with Crippen molar-refractivity contribution in [3.05, 3.63) is 58.9 Å². The lowest BCUT2D eigenvalue weighted by molar-refractivity contribution is 0.475. The molecule has 0 aliphatic rings. The van der Waals surface area contributed by atoms with Crippen molar-refractivity contribution in [1.82, 2.24) is 4.72 Å². The Morgan fingerprint density at radius 1 is 1.10 bits per heavy atom. The summed E-state index contributed by atoms with van der Waals surface area (Å²) >= 11 is 0. The molecular weight excluding hydrogens is 293 g/mol. The van der Waals surface area contributed by atoms with E-state index in [4.69, 9.17) is 0 Å². The topological polar surface area (TPSA) is 66.4 Å². The quantitative estimate of drug-likeness (QED) is 0.912. The third kappa shape index (κ3) is 3.59. The van der Waals surface area contributed by atoms with Crippen LogP contribution in [-0.2, 0) is 16.6 Å². The molecule has 0 aliphatic carbocycles. The van der Waals surface area contributed by atoms with Gasteiger partial charge in [-0.1, -0.05) is 12.1 Å². The molecule has 0 spiro atoms. The van der Waals surface area contributed by atoms with Gasteiger partial charge in [-0.3, -0.25) is 0 Å². The van der Waals surface area contributed by atoms with Crippen molar-refractivity contribution < 1.29 is 17.9 Å². The number of nitrogens with one attached hydrogen (secondary N) is 1. The van der Waals surface area contributed by atoms with Crippen LogP contribution in [0.1, 0.15) is 16.7 Å². The molecule has 0 amide bonds. The third-order valence-corrected chi connectivity index (χ3v) is 4.80. The molecular formula is C15H16FNO3S. The van der Waals surface area contributed by atoms with Crippen LogP contribution in [0.5, 0.6) is 5.75 Å². The summed E-state index contributed by atoms with van der Waals surface area (Å²) in [5.74, 6) is -0.339. The predicted molar refractivity (Wildman–Crippen MR) is 78.0 cm³/mol. The second kappa shape index (κ2) is 5.83. The molecule has 21 heavy (non-hydrogen) atoms. The van der Waals surface area contributed by atoms with Crippen LogP contribution in [0.2, 0.25) is 0 Å². The standard InChI is InChI=1S/C15H16FNO3S/c1-10-7-13(16)8-11(2)15(10)21(19,20)17-9-12-3-5-14(18)6-4-12/h3-8,17-18H,9H2,1-2H3. The highest BCUT2D eigenvalue weighted by atomic mass is 32.2. The fourth-order valence-electron chi connectivity index (χ4n) is 2.19. The second-order valence-electron chi connectivity index (χ2n) is 4.86. The number of halogens is 1. The molecule has 0 aliphatic heterocycles. The molecule has 2 aromatic carbocycles. The van der Waals surface area contributed by atoms with Gasteiger partial charge in [0.1, 0.15) is 11.6 Å². The number of aromatic hydroxyl groups is 1. The zero-order chi connectivity index (χ0) is 15.6. The van der Waals surface area contributed by atoms with Crippen LogP contribution >= 0.6 is 0 Å². The van der Waals surface area contributed by atoms with Gasteiger partial charge in [0.25, 0.3) is 0 Å². The molecule has 2 aromatic rings. The van der Waals surface area contributed by atoms with Crippen molar-refractivity contribution in [2.75, 3.05) is 0 Å². The number of hydrogen-bond donors (Lipinski definition) is 2. The zero-order valence-electron chi connectivity index (χ0n) is 11.7. The van der Waals surface area contributed by atoms with E-state index in [0.717, 1.165) is 0 Å². The highest BCUT2D eigenvalue weighted by Crippen LogP contribution is 2.21. The van der Waals surface area contributed by atoms with Crippen molar-refractivity contribution in [3.8, 4) is 5.75 Å². The predicted octanol–water partition coefficient (Wildman–Crippen LogP) is 2.63. The first-order valence-electron chi connectivity index (χ1n) is 6.34. The van der Waals surface area contributed by atoms with Crippen LogP contribution < -0.4 is 4.72 Å². The van der Waals surface area contributed by atoms with Gasteiger partial charge in [0.15, 0.2) is 0 Å². The van der Waals surface area contributed by atoms with E-state index in [9.17, 15) is 17.9 Å². The highest BCUT2D eigenvalue weighted by Gasteiger charge is 2.20. The van der Waals surface area contributed by atoms with E-state index < -0.39 is 15.8 Å². The molecule has 0 heterocycles. The Bertz CT molecular complexity index is 732. The number of aryl methyl sites for hydroxylation is 2. The van der Waals surface area contributed by atoms with E-state index in [1.54, 1.807) is 26.0 Å². The van der Waals surface area contributed by atoms with Gasteiger partial charge in [0, 0.05) is 6.54 Å². The first-order chi connectivity index (χ1) is 9.79. The third-order valence-electron chi connectivity index (χ3n) is 3.10. The molecule has 2 rings (SSSR count). The SMILES string of the molecule is Cc1cc(F)cc(C)c1S(=O)(=O)NCc1ccc(O)cc1. The summed E-state index contributed by atoms with van der Waals surface area (Å²) in [5, 5.41) is 9.19. The van der Waals surface area contributed by atoms with Gasteiger partial charge in [-0.05, 0) is 54.8 Å². The number of rotatable bonds is 4. The molecule has 112 valence electrons. The van der Waals surface area contributed by atoms with Gasteiger partial charge in [0.2, 0.25) is 10.0 Å². The maximum absolute atomic E-state index is 13.2. The normalized spacial score (nSPS) is 11.6. The molecule has 6 heteroatoms. The average Bonchev–Trinajstić information content (AvgIpc) is 2.36. The lowest BCUT2D eigenvalue weighted by atomic mass is 10.1. The van der Waals surface area contributed by atoms with E-state index in [-0.39, 0.29) is 17.2 Å². The number of phenolic OH excluding ortho intramolecular Hbond substituents is 1. The summed E-state index contributed by atoms with van der Waals surface area (Å²) < 4.78 is 40.4. The van der Waals surface area contributed by atoms with Crippen LogP contribution in [-0.4, -0.2) is 13.5 Å². The minimum Gasteiger partial charge on any atom is -0.508 e. The van der Waals surface area contributed by atoms with Crippen molar-refractivity contribution in [3.63, 3.8) is 0 Å². The first-order valence-corrected chi connectivity index (χ1v) is 7.82. The van der Waals surface area contributed by atoms with Gasteiger partial charge in [-0.2, -0.15) is 0 Å². The van der Waals surface area contributed by atoms with Crippen LogP contribution in [0.15, 0.2) is 41.3 Å². The number of benzene rings is 2. The van der Waals surface area contributed by atoms with Crippen LogP contribution in [0.25, 0.3) is 0 Å². The Labute approximate surface area is 123 Å². The lowest BCUT2D eigenvalue weighted by Gasteiger charge is -2.12. The van der Waals surface area contributed by atoms with Gasteiger partial charge in [-0.25, -0.2) is 17.5 Å². The smallest absolute Gasteiger partial charge is 0.241 e. The minimum atomic E-state index is -3.73. The van der Waals surface area contributed by atoms with Crippen LogP contribution in [0.4, 0.5) is 4.39 Å². The van der Waals surface area contributed by atoms with E-state index in [0.29, 0.717) is 16.7 Å². The highest BCUT2D eigenvalue weighted by molar-refractivity contribution is 7.89. The number of hydrogen-bond acceptors (Lipinski definition) is 3. The maximum Gasteiger partial charge on any atom is 0.241 e. The molecule has 0 radical (unpaired) electrons. The van der Waals surface area contributed by atoms with Crippen molar-refractivity contribution in [1.29, 1.82) is 0 Å².